The number of hydrogen-bond acceptors (Lipinski definition) is 5. The Kier molecular flexibility index (Phi) is 6.97. The lowest BCUT2D eigenvalue weighted by Crippen LogP contribution is -2.50. The van der Waals surface area contributed by atoms with Crippen LogP contribution < -0.4 is 5.73 Å². The molecule has 2 N–H and O–H groups in total. The van der Waals surface area contributed by atoms with E-state index in [0.717, 1.165) is 4.88 Å². The lowest BCUT2D eigenvalue weighted by Gasteiger charge is -2.34. The van der Waals surface area contributed by atoms with Crippen LogP contribution in [0.5, 0.6) is 0 Å². The summed E-state index contributed by atoms with van der Waals surface area (Å²) < 4.78 is 1.87. The van der Waals surface area contributed by atoms with E-state index in [9.17, 15) is 14.4 Å². The number of Topliss-reactive ketones (excluding diaryl/α,β-unsaturated/α-hetero) is 1. The molecule has 3 aromatic rings. The zero-order chi connectivity index (χ0) is 23.5. The van der Waals surface area contributed by atoms with Gasteiger partial charge in [0.15, 0.2) is 5.78 Å². The molecular weight excluding hydrogens is 460 g/mol. The maximum atomic E-state index is 13.2. The van der Waals surface area contributed by atoms with Crippen molar-refractivity contribution >= 4 is 40.5 Å². The van der Waals surface area contributed by atoms with Gasteiger partial charge in [0.25, 0.3) is 11.8 Å². The maximum Gasteiger partial charge on any atom is 0.253 e. The quantitative estimate of drug-likeness (QED) is 0.521. The molecule has 9 heteroatoms. The number of thiophene rings is 1. The molecule has 1 saturated heterocycles. The molecule has 1 aliphatic heterocycles. The predicted molar refractivity (Wildman–Crippen MR) is 129 cm³/mol. The van der Waals surface area contributed by atoms with E-state index in [4.69, 9.17) is 17.3 Å². The topological polar surface area (TPSA) is 88.6 Å². The van der Waals surface area contributed by atoms with Crippen LogP contribution in [0.25, 0.3) is 0 Å². The zero-order valence-corrected chi connectivity index (χ0v) is 19.9. The van der Waals surface area contributed by atoms with Crippen molar-refractivity contribution in [3.05, 3.63) is 80.3 Å². The van der Waals surface area contributed by atoms with Gasteiger partial charge in [0.1, 0.15) is 0 Å². The van der Waals surface area contributed by atoms with Crippen LogP contribution in [0.2, 0.25) is 5.02 Å². The Morgan fingerprint density at radius 1 is 1.06 bits per heavy atom. The van der Waals surface area contributed by atoms with Crippen molar-refractivity contribution in [3.63, 3.8) is 0 Å². The molecule has 0 aliphatic carbocycles. The number of primary amides is 1. The minimum atomic E-state index is -0.541. The Morgan fingerprint density at radius 2 is 1.76 bits per heavy atom. The third-order valence-corrected chi connectivity index (χ3v) is 7.04. The van der Waals surface area contributed by atoms with Gasteiger partial charge in [-0.15, -0.1) is 11.3 Å². The lowest BCUT2D eigenvalue weighted by molar-refractivity contribution is 0.0623. The van der Waals surface area contributed by atoms with Gasteiger partial charge in [-0.3, -0.25) is 19.3 Å². The molecule has 1 fully saturated rings. The van der Waals surface area contributed by atoms with Crippen molar-refractivity contribution in [2.45, 2.75) is 13.5 Å². The minimum Gasteiger partial charge on any atom is -0.366 e. The van der Waals surface area contributed by atoms with Crippen LogP contribution >= 0.6 is 22.9 Å². The van der Waals surface area contributed by atoms with Crippen LogP contribution in [0.15, 0.2) is 47.8 Å². The highest BCUT2D eigenvalue weighted by molar-refractivity contribution is 7.09. The monoisotopic (exact) mass is 484 g/mol. The van der Waals surface area contributed by atoms with E-state index in [1.54, 1.807) is 46.6 Å². The molecular formula is C24H25ClN4O3S. The number of amides is 2. The van der Waals surface area contributed by atoms with Crippen molar-refractivity contribution < 1.29 is 14.4 Å². The van der Waals surface area contributed by atoms with Gasteiger partial charge in [0.2, 0.25) is 0 Å². The number of nitrogens with two attached hydrogens (primary N) is 1. The molecule has 0 radical (unpaired) electrons. The number of rotatable bonds is 7. The number of aromatic nitrogens is 1. The summed E-state index contributed by atoms with van der Waals surface area (Å²) in [7, 11) is 0. The third kappa shape index (κ3) is 5.19. The number of carbonyl (C=O) groups excluding carboxylic acids is 3. The Balaban J connectivity index is 1.42. The first kappa shape index (κ1) is 23.2. The van der Waals surface area contributed by atoms with E-state index in [-0.39, 0.29) is 18.2 Å². The van der Waals surface area contributed by atoms with Gasteiger partial charge in [-0.1, -0.05) is 17.7 Å². The summed E-state index contributed by atoms with van der Waals surface area (Å²) in [4.78, 5) is 42.7. The molecule has 0 unspecified atom stereocenters. The molecule has 1 aromatic carbocycles. The summed E-state index contributed by atoms with van der Waals surface area (Å²) in [5.74, 6) is -0.648. The molecule has 0 atom stereocenters. The fraction of sp³-hybridized carbons (Fsp3) is 0.292. The summed E-state index contributed by atoms with van der Waals surface area (Å²) in [5, 5.41) is 2.57. The van der Waals surface area contributed by atoms with E-state index in [0.29, 0.717) is 60.3 Å². The molecule has 4 rings (SSSR count). The average Bonchev–Trinajstić information content (AvgIpc) is 3.43. The maximum absolute atomic E-state index is 13.2. The van der Waals surface area contributed by atoms with Crippen LogP contribution in [0.3, 0.4) is 0 Å². The Bertz CT molecular complexity index is 1160. The first-order valence-corrected chi connectivity index (χ1v) is 11.9. The van der Waals surface area contributed by atoms with Crippen molar-refractivity contribution in [2.24, 2.45) is 5.73 Å². The van der Waals surface area contributed by atoms with Crippen LogP contribution in [-0.2, 0) is 6.54 Å². The minimum absolute atomic E-state index is 0.0378. The molecule has 2 amide bonds. The first-order valence-electron chi connectivity index (χ1n) is 10.7. The Hall–Kier alpha value is -2.94. The molecule has 0 bridgehead atoms. The summed E-state index contributed by atoms with van der Waals surface area (Å²) >= 11 is 7.51. The number of benzene rings is 1. The second-order valence-corrected chi connectivity index (χ2v) is 9.53. The van der Waals surface area contributed by atoms with Crippen molar-refractivity contribution in [3.8, 4) is 0 Å². The number of ketones is 1. The van der Waals surface area contributed by atoms with Gasteiger partial charge < -0.3 is 15.2 Å². The van der Waals surface area contributed by atoms with Crippen molar-refractivity contribution in [2.75, 3.05) is 32.7 Å². The molecule has 3 heterocycles. The summed E-state index contributed by atoms with van der Waals surface area (Å²) in [5.41, 5.74) is 7.68. The highest BCUT2D eigenvalue weighted by Gasteiger charge is 2.26. The molecule has 1 aliphatic rings. The fourth-order valence-corrected chi connectivity index (χ4v) is 4.87. The van der Waals surface area contributed by atoms with Gasteiger partial charge in [-0.05, 0) is 48.7 Å². The number of carbonyl (C=O) groups is 3. The van der Waals surface area contributed by atoms with E-state index < -0.39 is 5.91 Å². The van der Waals surface area contributed by atoms with Gasteiger partial charge in [0, 0.05) is 47.3 Å². The summed E-state index contributed by atoms with van der Waals surface area (Å²) in [6, 6.07) is 12.4. The van der Waals surface area contributed by atoms with Crippen LogP contribution in [0.1, 0.15) is 41.8 Å². The second kappa shape index (κ2) is 9.91. The molecule has 0 spiro atoms. The molecule has 2 aromatic heterocycles. The number of nitrogens with zero attached hydrogens (tertiary/aromatic N) is 3. The standard InChI is InChI=1S/C24H25ClN4O3S/c1-16-20(23(26)31)13-21(29(16)14-19-3-2-12-33-19)22(30)15-27-8-10-28(11-9-27)24(32)17-4-6-18(25)7-5-17/h2-7,12-13H,8-11,14-15H2,1H3,(H2,26,31). The van der Waals surface area contributed by atoms with Gasteiger partial charge in [-0.25, -0.2) is 0 Å². The van der Waals surface area contributed by atoms with Gasteiger partial charge in [-0.2, -0.15) is 0 Å². The van der Waals surface area contributed by atoms with Crippen LogP contribution in [0.4, 0.5) is 0 Å². The summed E-state index contributed by atoms with van der Waals surface area (Å²) in [6.45, 7) is 4.81. The second-order valence-electron chi connectivity index (χ2n) is 8.06. The average molecular weight is 485 g/mol. The third-order valence-electron chi connectivity index (χ3n) is 5.93. The first-order chi connectivity index (χ1) is 15.8. The van der Waals surface area contributed by atoms with Gasteiger partial charge >= 0.3 is 0 Å². The molecule has 172 valence electrons. The number of halogens is 1. The SMILES string of the molecule is Cc1c(C(N)=O)cc(C(=O)CN2CCN(C(=O)c3ccc(Cl)cc3)CC2)n1Cc1cccs1. The van der Waals surface area contributed by atoms with Crippen LogP contribution in [0, 0.1) is 6.92 Å². The van der Waals surface area contributed by atoms with Gasteiger partial charge in [0.05, 0.1) is 24.3 Å². The van der Waals surface area contributed by atoms with E-state index in [1.165, 1.54) is 0 Å². The highest BCUT2D eigenvalue weighted by Crippen LogP contribution is 2.21. The van der Waals surface area contributed by atoms with Crippen molar-refractivity contribution in [1.82, 2.24) is 14.4 Å². The molecule has 33 heavy (non-hydrogen) atoms. The zero-order valence-electron chi connectivity index (χ0n) is 18.3. The van der Waals surface area contributed by atoms with E-state index in [1.807, 2.05) is 33.9 Å². The number of hydrogen-bond donors (Lipinski definition) is 1. The summed E-state index contributed by atoms with van der Waals surface area (Å²) in [6.07, 6.45) is 0. The molecule has 0 saturated carbocycles. The predicted octanol–water partition coefficient (Wildman–Crippen LogP) is 3.30. The van der Waals surface area contributed by atoms with Crippen molar-refractivity contribution in [1.29, 1.82) is 0 Å². The normalized spacial score (nSPS) is 14.4. The Labute approximate surface area is 201 Å². The largest absolute Gasteiger partial charge is 0.366 e. The number of piperazine rings is 1. The lowest BCUT2D eigenvalue weighted by atomic mass is 10.1. The fourth-order valence-electron chi connectivity index (χ4n) is 4.06. The van der Waals surface area contributed by atoms with E-state index in [2.05, 4.69) is 0 Å². The highest BCUT2D eigenvalue weighted by atomic mass is 35.5. The van der Waals surface area contributed by atoms with Crippen LogP contribution in [-0.4, -0.2) is 64.7 Å². The van der Waals surface area contributed by atoms with E-state index >= 15 is 0 Å². The molecule has 7 nitrogen and oxygen atoms in total. The smallest absolute Gasteiger partial charge is 0.253 e. The Morgan fingerprint density at radius 3 is 2.36 bits per heavy atom.